The zero-order chi connectivity index (χ0) is 13.6. The number of nitrogens with one attached hydrogen (secondary N) is 2. The van der Waals surface area contributed by atoms with Crippen molar-refractivity contribution in [3.63, 3.8) is 0 Å². The fourth-order valence-electron chi connectivity index (χ4n) is 1.41. The molecular weight excluding hydrogens is 250 g/mol. The first-order valence-corrected chi connectivity index (χ1v) is 7.04. The van der Waals surface area contributed by atoms with Gasteiger partial charge in [0.1, 0.15) is 0 Å². The first-order chi connectivity index (χ1) is 8.52. The van der Waals surface area contributed by atoms with E-state index in [2.05, 4.69) is 21.3 Å². The second-order valence-electron chi connectivity index (χ2n) is 3.54. The van der Waals surface area contributed by atoms with Gasteiger partial charge in [0.05, 0.1) is 12.2 Å². The molecule has 0 bridgehead atoms. The topological polar surface area (TPSA) is 84.2 Å². The summed E-state index contributed by atoms with van der Waals surface area (Å²) in [5, 5.41) is 0. The third-order valence-electron chi connectivity index (χ3n) is 2.33. The van der Waals surface area contributed by atoms with Crippen LogP contribution in [0, 0.1) is 11.8 Å². The lowest BCUT2D eigenvalue weighted by molar-refractivity contribution is 0.593. The Hall–Kier alpha value is -1.55. The molecule has 0 aromatic heterocycles. The summed E-state index contributed by atoms with van der Waals surface area (Å²) in [5.41, 5.74) is 7.58. The van der Waals surface area contributed by atoms with Gasteiger partial charge in [-0.25, -0.2) is 4.72 Å². The molecule has 1 rings (SSSR count). The predicted octanol–water partition coefficient (Wildman–Crippen LogP) is 0.435. The van der Waals surface area contributed by atoms with E-state index < -0.39 is 10.2 Å². The molecule has 6 heteroatoms. The van der Waals surface area contributed by atoms with Gasteiger partial charge >= 0.3 is 0 Å². The van der Waals surface area contributed by atoms with Crippen molar-refractivity contribution in [1.29, 1.82) is 0 Å². The predicted molar refractivity (Wildman–Crippen MR) is 73.4 cm³/mol. The summed E-state index contributed by atoms with van der Waals surface area (Å²) < 4.78 is 27.5. The molecule has 0 spiro atoms. The lowest BCUT2D eigenvalue weighted by atomic mass is 10.1. The fourth-order valence-corrected chi connectivity index (χ4v) is 2.00. The van der Waals surface area contributed by atoms with Gasteiger partial charge in [0.2, 0.25) is 0 Å². The highest BCUT2D eigenvalue weighted by atomic mass is 32.2. The second-order valence-corrected chi connectivity index (χ2v) is 5.16. The van der Waals surface area contributed by atoms with Gasteiger partial charge in [-0.2, -0.15) is 8.42 Å². The lowest BCUT2D eigenvalue weighted by Gasteiger charge is -2.11. The summed E-state index contributed by atoms with van der Waals surface area (Å²) in [4.78, 5) is 0. The Balaban J connectivity index is 3.08. The summed E-state index contributed by atoms with van der Waals surface area (Å²) in [7, 11) is -2.13. The van der Waals surface area contributed by atoms with Crippen LogP contribution in [-0.2, 0) is 16.6 Å². The molecule has 5 nitrogen and oxygen atoms in total. The molecule has 0 amide bonds. The van der Waals surface area contributed by atoms with Crippen LogP contribution < -0.4 is 15.2 Å². The Morgan fingerprint density at radius 2 is 2.11 bits per heavy atom. The number of rotatable bonds is 4. The van der Waals surface area contributed by atoms with Crippen molar-refractivity contribution in [1.82, 2.24) is 4.72 Å². The van der Waals surface area contributed by atoms with E-state index in [0.29, 0.717) is 18.7 Å². The van der Waals surface area contributed by atoms with Gasteiger partial charge in [0.25, 0.3) is 10.2 Å². The Morgan fingerprint density at radius 3 is 2.67 bits per heavy atom. The second kappa shape index (κ2) is 6.40. The Kier molecular flexibility index (Phi) is 5.16. The summed E-state index contributed by atoms with van der Waals surface area (Å²) in [6.45, 7) is 2.25. The van der Waals surface area contributed by atoms with Gasteiger partial charge in [0.15, 0.2) is 0 Å². The van der Waals surface area contributed by atoms with Crippen LogP contribution in [0.1, 0.15) is 18.1 Å². The number of hydrogen-bond donors (Lipinski definition) is 3. The quantitative estimate of drug-likeness (QED) is 0.692. The molecule has 0 saturated heterocycles. The average Bonchev–Trinajstić information content (AvgIpc) is 2.37. The van der Waals surface area contributed by atoms with Crippen molar-refractivity contribution in [2.24, 2.45) is 5.73 Å². The van der Waals surface area contributed by atoms with Gasteiger partial charge in [-0.05, 0) is 30.2 Å². The maximum atomic E-state index is 11.4. The molecule has 0 heterocycles. The number of aryl methyl sites for hydroxylation is 1. The van der Waals surface area contributed by atoms with Crippen molar-refractivity contribution in [3.05, 3.63) is 29.3 Å². The van der Waals surface area contributed by atoms with Crippen molar-refractivity contribution >= 4 is 15.9 Å². The highest BCUT2D eigenvalue weighted by molar-refractivity contribution is 7.90. The maximum absolute atomic E-state index is 11.4. The van der Waals surface area contributed by atoms with Crippen LogP contribution in [0.3, 0.4) is 0 Å². The monoisotopic (exact) mass is 267 g/mol. The van der Waals surface area contributed by atoms with Crippen LogP contribution in [0.15, 0.2) is 18.2 Å². The number of nitrogens with two attached hydrogens (primary N) is 1. The molecule has 1 aromatic rings. The van der Waals surface area contributed by atoms with E-state index in [1.54, 1.807) is 12.1 Å². The third-order valence-corrected chi connectivity index (χ3v) is 3.36. The maximum Gasteiger partial charge on any atom is 0.298 e. The SMILES string of the molecule is CCc1cc(C#CCN)ccc1NS(=O)(=O)NC. The van der Waals surface area contributed by atoms with Crippen molar-refractivity contribution in [2.75, 3.05) is 18.3 Å². The normalized spacial score (nSPS) is 10.6. The molecule has 0 aliphatic rings. The van der Waals surface area contributed by atoms with E-state index in [-0.39, 0.29) is 0 Å². The minimum Gasteiger partial charge on any atom is -0.320 e. The van der Waals surface area contributed by atoms with Crippen LogP contribution in [0.4, 0.5) is 5.69 Å². The van der Waals surface area contributed by atoms with E-state index in [4.69, 9.17) is 5.73 Å². The van der Waals surface area contributed by atoms with Gasteiger partial charge in [-0.3, -0.25) is 4.72 Å². The first-order valence-electron chi connectivity index (χ1n) is 5.55. The summed E-state index contributed by atoms with van der Waals surface area (Å²) >= 11 is 0. The molecular formula is C12H17N3O2S. The molecule has 0 fully saturated rings. The van der Waals surface area contributed by atoms with E-state index in [0.717, 1.165) is 11.1 Å². The highest BCUT2D eigenvalue weighted by Crippen LogP contribution is 2.18. The minimum atomic E-state index is -3.49. The summed E-state index contributed by atoms with van der Waals surface area (Å²) in [5.74, 6) is 5.68. The van der Waals surface area contributed by atoms with E-state index in [1.165, 1.54) is 7.05 Å². The molecule has 0 unspecified atom stereocenters. The molecule has 0 aliphatic heterocycles. The molecule has 0 radical (unpaired) electrons. The van der Waals surface area contributed by atoms with Crippen molar-refractivity contribution in [2.45, 2.75) is 13.3 Å². The number of hydrogen-bond acceptors (Lipinski definition) is 3. The summed E-state index contributed by atoms with van der Waals surface area (Å²) in [6.07, 6.45) is 0.708. The number of benzene rings is 1. The van der Waals surface area contributed by atoms with Crippen LogP contribution in [0.2, 0.25) is 0 Å². The molecule has 18 heavy (non-hydrogen) atoms. The standard InChI is InChI=1S/C12H17N3O2S/c1-3-11-9-10(5-4-8-13)6-7-12(11)15-18(16,17)14-2/h6-7,9,14-15H,3,8,13H2,1-2H3. The molecule has 0 aliphatic carbocycles. The smallest absolute Gasteiger partial charge is 0.298 e. The van der Waals surface area contributed by atoms with Gasteiger partial charge in [-0.15, -0.1) is 0 Å². The van der Waals surface area contributed by atoms with Crippen LogP contribution in [-0.4, -0.2) is 22.0 Å². The summed E-state index contributed by atoms with van der Waals surface area (Å²) in [6, 6.07) is 5.32. The van der Waals surface area contributed by atoms with Crippen LogP contribution >= 0.6 is 0 Å². The van der Waals surface area contributed by atoms with E-state index in [9.17, 15) is 8.42 Å². The van der Waals surface area contributed by atoms with E-state index in [1.807, 2.05) is 13.0 Å². The average molecular weight is 267 g/mol. The first kappa shape index (κ1) is 14.5. The van der Waals surface area contributed by atoms with Gasteiger partial charge in [-0.1, -0.05) is 18.8 Å². The Labute approximate surface area is 108 Å². The van der Waals surface area contributed by atoms with Gasteiger partial charge in [0, 0.05) is 12.6 Å². The number of anilines is 1. The zero-order valence-corrected chi connectivity index (χ0v) is 11.3. The van der Waals surface area contributed by atoms with Crippen LogP contribution in [0.25, 0.3) is 0 Å². The lowest BCUT2D eigenvalue weighted by Crippen LogP contribution is -2.26. The molecule has 0 saturated carbocycles. The third kappa shape index (κ3) is 4.04. The van der Waals surface area contributed by atoms with Crippen molar-refractivity contribution < 1.29 is 8.42 Å². The Morgan fingerprint density at radius 1 is 1.39 bits per heavy atom. The Bertz CT molecular complexity index is 571. The van der Waals surface area contributed by atoms with Crippen molar-refractivity contribution in [3.8, 4) is 11.8 Å². The highest BCUT2D eigenvalue weighted by Gasteiger charge is 2.09. The van der Waals surface area contributed by atoms with Gasteiger partial charge < -0.3 is 5.73 Å². The largest absolute Gasteiger partial charge is 0.320 e. The molecule has 4 N–H and O–H groups in total. The molecule has 98 valence electrons. The molecule has 1 aromatic carbocycles. The minimum absolute atomic E-state index is 0.301. The molecule has 0 atom stereocenters. The fraction of sp³-hybridized carbons (Fsp3) is 0.333. The van der Waals surface area contributed by atoms with Crippen LogP contribution in [0.5, 0.6) is 0 Å². The zero-order valence-electron chi connectivity index (χ0n) is 10.4. The van der Waals surface area contributed by atoms with E-state index >= 15 is 0 Å².